The standard InChI is InChI=1S/C6H8INO/c1-2-5(7)6-8-3-4-9-6/h3-5H,2H2,1H3. The predicted molar refractivity (Wildman–Crippen MR) is 43.6 cm³/mol. The van der Waals surface area contributed by atoms with Gasteiger partial charge in [0.2, 0.25) is 5.89 Å². The summed E-state index contributed by atoms with van der Waals surface area (Å²) in [6.07, 6.45) is 4.36. The maximum Gasteiger partial charge on any atom is 0.206 e. The van der Waals surface area contributed by atoms with Crippen LogP contribution in [0.5, 0.6) is 0 Å². The van der Waals surface area contributed by atoms with E-state index in [1.54, 1.807) is 12.5 Å². The molecule has 1 unspecified atom stereocenters. The molecule has 0 saturated heterocycles. The molecule has 1 rings (SSSR count). The Morgan fingerprint density at radius 1 is 1.89 bits per heavy atom. The van der Waals surface area contributed by atoms with Gasteiger partial charge in [0.15, 0.2) is 0 Å². The van der Waals surface area contributed by atoms with Crippen LogP contribution < -0.4 is 0 Å². The van der Waals surface area contributed by atoms with Crippen LogP contribution in [-0.4, -0.2) is 4.98 Å². The smallest absolute Gasteiger partial charge is 0.206 e. The first-order valence-corrected chi connectivity index (χ1v) is 4.12. The van der Waals surface area contributed by atoms with Crippen molar-refractivity contribution in [3.05, 3.63) is 18.4 Å². The fraction of sp³-hybridized carbons (Fsp3) is 0.500. The minimum atomic E-state index is 0.428. The molecule has 0 aromatic carbocycles. The van der Waals surface area contributed by atoms with Crippen molar-refractivity contribution in [2.75, 3.05) is 0 Å². The van der Waals surface area contributed by atoms with Crippen LogP contribution in [0.3, 0.4) is 0 Å². The predicted octanol–water partition coefficient (Wildman–Crippen LogP) is 2.56. The molecule has 0 saturated carbocycles. The van der Waals surface area contributed by atoms with E-state index in [4.69, 9.17) is 4.42 Å². The van der Waals surface area contributed by atoms with E-state index in [1.807, 2.05) is 0 Å². The van der Waals surface area contributed by atoms with Crippen LogP contribution in [0.1, 0.15) is 23.2 Å². The molecule has 0 aliphatic rings. The van der Waals surface area contributed by atoms with Crippen LogP contribution in [0, 0.1) is 0 Å². The van der Waals surface area contributed by atoms with E-state index in [1.165, 1.54) is 0 Å². The SMILES string of the molecule is CCC(I)c1ncco1. The molecule has 0 spiro atoms. The van der Waals surface area contributed by atoms with Crippen molar-refractivity contribution in [2.24, 2.45) is 0 Å². The third-order valence-electron chi connectivity index (χ3n) is 1.08. The topological polar surface area (TPSA) is 26.0 Å². The Bertz CT molecular complexity index is 162. The summed E-state index contributed by atoms with van der Waals surface area (Å²) in [7, 11) is 0. The average Bonchev–Trinajstić information content (AvgIpc) is 2.37. The van der Waals surface area contributed by atoms with E-state index in [9.17, 15) is 0 Å². The molecule has 9 heavy (non-hydrogen) atoms. The number of hydrogen-bond acceptors (Lipinski definition) is 2. The molecule has 1 heterocycles. The highest BCUT2D eigenvalue weighted by Crippen LogP contribution is 2.24. The van der Waals surface area contributed by atoms with Gasteiger partial charge in [-0.2, -0.15) is 0 Å². The molecule has 0 N–H and O–H groups in total. The number of alkyl halides is 1. The summed E-state index contributed by atoms with van der Waals surface area (Å²) in [6.45, 7) is 2.11. The van der Waals surface area contributed by atoms with Gasteiger partial charge in [0, 0.05) is 0 Å². The molecular formula is C6H8INO. The lowest BCUT2D eigenvalue weighted by atomic mass is 10.3. The number of nitrogens with zero attached hydrogens (tertiary/aromatic N) is 1. The highest BCUT2D eigenvalue weighted by Gasteiger charge is 2.07. The van der Waals surface area contributed by atoms with E-state index in [0.717, 1.165) is 12.3 Å². The van der Waals surface area contributed by atoms with Crippen molar-refractivity contribution >= 4 is 22.6 Å². The van der Waals surface area contributed by atoms with Gasteiger partial charge < -0.3 is 4.42 Å². The van der Waals surface area contributed by atoms with Gasteiger partial charge in [-0.05, 0) is 6.42 Å². The first kappa shape index (κ1) is 7.05. The van der Waals surface area contributed by atoms with Crippen molar-refractivity contribution in [3.63, 3.8) is 0 Å². The number of halogens is 1. The van der Waals surface area contributed by atoms with Gasteiger partial charge >= 0.3 is 0 Å². The Kier molecular flexibility index (Phi) is 2.50. The molecule has 0 radical (unpaired) electrons. The molecule has 1 aromatic rings. The van der Waals surface area contributed by atoms with Crippen LogP contribution in [0.4, 0.5) is 0 Å². The van der Waals surface area contributed by atoms with Crippen molar-refractivity contribution in [2.45, 2.75) is 17.3 Å². The summed E-state index contributed by atoms with van der Waals surface area (Å²) in [5, 5.41) is 0. The highest BCUT2D eigenvalue weighted by molar-refractivity contribution is 14.1. The fourth-order valence-corrected chi connectivity index (χ4v) is 0.871. The lowest BCUT2D eigenvalue weighted by molar-refractivity contribution is 0.493. The molecule has 0 bridgehead atoms. The minimum absolute atomic E-state index is 0.428. The average molecular weight is 237 g/mol. The van der Waals surface area contributed by atoms with Crippen LogP contribution in [-0.2, 0) is 0 Å². The van der Waals surface area contributed by atoms with Crippen LogP contribution in [0.25, 0.3) is 0 Å². The second kappa shape index (κ2) is 3.20. The van der Waals surface area contributed by atoms with Crippen LogP contribution in [0.15, 0.2) is 16.9 Å². The molecule has 50 valence electrons. The van der Waals surface area contributed by atoms with Crippen LogP contribution >= 0.6 is 22.6 Å². The minimum Gasteiger partial charge on any atom is -0.448 e. The lowest BCUT2D eigenvalue weighted by Crippen LogP contribution is -1.84. The molecule has 0 aliphatic heterocycles. The fourth-order valence-electron chi connectivity index (χ4n) is 0.564. The zero-order chi connectivity index (χ0) is 6.69. The van der Waals surface area contributed by atoms with E-state index in [2.05, 4.69) is 34.5 Å². The molecule has 3 heteroatoms. The van der Waals surface area contributed by atoms with Gasteiger partial charge in [-0.3, -0.25) is 0 Å². The van der Waals surface area contributed by atoms with Gasteiger partial charge in [0.1, 0.15) is 6.26 Å². The maximum atomic E-state index is 5.07. The highest BCUT2D eigenvalue weighted by atomic mass is 127. The van der Waals surface area contributed by atoms with Gasteiger partial charge in [0.05, 0.1) is 10.1 Å². The molecule has 0 aliphatic carbocycles. The Balaban J connectivity index is 2.65. The quantitative estimate of drug-likeness (QED) is 0.583. The van der Waals surface area contributed by atoms with Gasteiger partial charge in [-0.25, -0.2) is 4.98 Å². The number of hydrogen-bond donors (Lipinski definition) is 0. The Hall–Kier alpha value is -0.0600. The third-order valence-corrected chi connectivity index (χ3v) is 2.49. The second-order valence-electron chi connectivity index (χ2n) is 1.75. The summed E-state index contributed by atoms with van der Waals surface area (Å²) in [6, 6.07) is 0. The number of aromatic nitrogens is 1. The lowest BCUT2D eigenvalue weighted by Gasteiger charge is -1.97. The normalized spacial score (nSPS) is 13.6. The van der Waals surface area contributed by atoms with Gasteiger partial charge in [-0.1, -0.05) is 29.5 Å². The zero-order valence-electron chi connectivity index (χ0n) is 5.17. The largest absolute Gasteiger partial charge is 0.448 e. The Labute approximate surface area is 67.8 Å². The molecular weight excluding hydrogens is 229 g/mol. The second-order valence-corrected chi connectivity index (χ2v) is 3.25. The first-order valence-electron chi connectivity index (χ1n) is 2.88. The summed E-state index contributed by atoms with van der Waals surface area (Å²) in [5.74, 6) is 0.832. The van der Waals surface area contributed by atoms with Crippen molar-refractivity contribution in [3.8, 4) is 0 Å². The molecule has 2 nitrogen and oxygen atoms in total. The van der Waals surface area contributed by atoms with E-state index in [-0.39, 0.29) is 0 Å². The molecule has 1 aromatic heterocycles. The van der Waals surface area contributed by atoms with Gasteiger partial charge in [-0.15, -0.1) is 0 Å². The van der Waals surface area contributed by atoms with E-state index >= 15 is 0 Å². The van der Waals surface area contributed by atoms with Crippen LogP contribution in [0.2, 0.25) is 0 Å². The summed E-state index contributed by atoms with van der Waals surface area (Å²) in [5.41, 5.74) is 0. The third kappa shape index (κ3) is 1.67. The van der Waals surface area contributed by atoms with Gasteiger partial charge in [0.25, 0.3) is 0 Å². The Morgan fingerprint density at radius 3 is 3.11 bits per heavy atom. The first-order chi connectivity index (χ1) is 4.34. The molecule has 0 fully saturated rings. The number of rotatable bonds is 2. The monoisotopic (exact) mass is 237 g/mol. The van der Waals surface area contributed by atoms with Crippen molar-refractivity contribution in [1.29, 1.82) is 0 Å². The Morgan fingerprint density at radius 2 is 2.67 bits per heavy atom. The number of oxazole rings is 1. The zero-order valence-corrected chi connectivity index (χ0v) is 7.33. The molecule has 0 amide bonds. The van der Waals surface area contributed by atoms with E-state index in [0.29, 0.717) is 3.92 Å². The summed E-state index contributed by atoms with van der Waals surface area (Å²) < 4.78 is 5.50. The summed E-state index contributed by atoms with van der Waals surface area (Å²) in [4.78, 5) is 4.01. The van der Waals surface area contributed by atoms with E-state index < -0.39 is 0 Å². The van der Waals surface area contributed by atoms with Crippen molar-refractivity contribution in [1.82, 2.24) is 4.98 Å². The van der Waals surface area contributed by atoms with Crippen molar-refractivity contribution < 1.29 is 4.42 Å². The summed E-state index contributed by atoms with van der Waals surface area (Å²) >= 11 is 2.31. The molecule has 1 atom stereocenters. The maximum absolute atomic E-state index is 5.07.